The standard InChI is InChI=1S/C18H16N4O2/c19-17(23)10-11-22(13-6-2-1-3-7-13)18(24)16-12-20-14-8-4-5-9-15(14)21-16/h1-9,12H,10-11H2,(H2,19,23). The minimum atomic E-state index is -0.465. The number of anilines is 1. The quantitative estimate of drug-likeness (QED) is 0.780. The van der Waals surface area contributed by atoms with Gasteiger partial charge in [0.15, 0.2) is 0 Å². The van der Waals surface area contributed by atoms with E-state index in [0.717, 1.165) is 5.52 Å². The van der Waals surface area contributed by atoms with E-state index in [9.17, 15) is 9.59 Å². The van der Waals surface area contributed by atoms with Gasteiger partial charge in [-0.2, -0.15) is 0 Å². The summed E-state index contributed by atoms with van der Waals surface area (Å²) < 4.78 is 0. The second-order valence-electron chi connectivity index (χ2n) is 5.25. The number of hydrogen-bond donors (Lipinski definition) is 1. The molecule has 0 radical (unpaired) electrons. The Labute approximate surface area is 138 Å². The molecule has 2 aromatic carbocycles. The second-order valence-corrected chi connectivity index (χ2v) is 5.25. The smallest absolute Gasteiger partial charge is 0.278 e. The van der Waals surface area contributed by atoms with E-state index < -0.39 is 5.91 Å². The van der Waals surface area contributed by atoms with Crippen LogP contribution in [0.5, 0.6) is 0 Å². The SMILES string of the molecule is NC(=O)CCN(C(=O)c1cnc2ccccc2n1)c1ccccc1. The predicted octanol–water partition coefficient (Wildman–Crippen LogP) is 2.15. The lowest BCUT2D eigenvalue weighted by molar-refractivity contribution is -0.117. The van der Waals surface area contributed by atoms with Gasteiger partial charge in [-0.15, -0.1) is 0 Å². The zero-order valence-electron chi connectivity index (χ0n) is 12.9. The van der Waals surface area contributed by atoms with Crippen molar-refractivity contribution < 1.29 is 9.59 Å². The van der Waals surface area contributed by atoms with Gasteiger partial charge in [0.2, 0.25) is 5.91 Å². The van der Waals surface area contributed by atoms with Gasteiger partial charge in [0.05, 0.1) is 17.2 Å². The summed E-state index contributed by atoms with van der Waals surface area (Å²) in [6, 6.07) is 16.4. The highest BCUT2D eigenvalue weighted by Gasteiger charge is 2.20. The zero-order chi connectivity index (χ0) is 16.9. The van der Waals surface area contributed by atoms with Crippen LogP contribution in [0.25, 0.3) is 11.0 Å². The molecular formula is C18H16N4O2. The third kappa shape index (κ3) is 3.38. The Hall–Kier alpha value is -3.28. The van der Waals surface area contributed by atoms with E-state index in [-0.39, 0.29) is 24.6 Å². The van der Waals surface area contributed by atoms with E-state index >= 15 is 0 Å². The minimum Gasteiger partial charge on any atom is -0.370 e. The summed E-state index contributed by atoms with van der Waals surface area (Å²) in [5.74, 6) is -0.783. The Kier molecular flexibility index (Phi) is 4.47. The summed E-state index contributed by atoms with van der Waals surface area (Å²) in [4.78, 5) is 34.1. The molecule has 3 aromatic rings. The van der Waals surface area contributed by atoms with Gasteiger partial charge in [-0.05, 0) is 24.3 Å². The molecule has 0 atom stereocenters. The van der Waals surface area contributed by atoms with E-state index in [1.54, 1.807) is 18.2 Å². The van der Waals surface area contributed by atoms with E-state index in [1.165, 1.54) is 11.1 Å². The fraction of sp³-hybridized carbons (Fsp3) is 0.111. The van der Waals surface area contributed by atoms with Gasteiger partial charge in [-0.1, -0.05) is 30.3 Å². The van der Waals surface area contributed by atoms with Gasteiger partial charge in [-0.25, -0.2) is 4.98 Å². The van der Waals surface area contributed by atoms with Crippen molar-refractivity contribution in [3.63, 3.8) is 0 Å². The molecule has 2 amide bonds. The molecule has 1 aromatic heterocycles. The number of benzene rings is 2. The first kappa shape index (κ1) is 15.6. The summed E-state index contributed by atoms with van der Waals surface area (Å²) in [6.45, 7) is 0.187. The lowest BCUT2D eigenvalue weighted by Gasteiger charge is -2.22. The van der Waals surface area contributed by atoms with Crippen molar-refractivity contribution in [1.82, 2.24) is 9.97 Å². The van der Waals surface area contributed by atoms with Crippen LogP contribution in [0.3, 0.4) is 0 Å². The first-order valence-corrected chi connectivity index (χ1v) is 7.52. The Morgan fingerprint density at radius 3 is 2.33 bits per heavy atom. The van der Waals surface area contributed by atoms with Gasteiger partial charge in [-0.3, -0.25) is 14.6 Å². The largest absolute Gasteiger partial charge is 0.370 e. The molecule has 0 saturated heterocycles. The minimum absolute atomic E-state index is 0.0711. The summed E-state index contributed by atoms with van der Waals surface area (Å²) in [5.41, 5.74) is 7.50. The Balaban J connectivity index is 1.95. The van der Waals surface area contributed by atoms with Crippen molar-refractivity contribution in [1.29, 1.82) is 0 Å². The third-order valence-corrected chi connectivity index (χ3v) is 3.56. The molecule has 0 spiro atoms. The number of primary amides is 1. The van der Waals surface area contributed by atoms with E-state index in [4.69, 9.17) is 5.73 Å². The molecule has 0 unspecified atom stereocenters. The van der Waals surface area contributed by atoms with Crippen LogP contribution in [-0.4, -0.2) is 28.3 Å². The fourth-order valence-corrected chi connectivity index (χ4v) is 2.38. The number of nitrogens with two attached hydrogens (primary N) is 1. The van der Waals surface area contributed by atoms with Gasteiger partial charge in [0.1, 0.15) is 5.69 Å². The molecule has 0 aliphatic rings. The molecule has 3 rings (SSSR count). The second kappa shape index (κ2) is 6.87. The number of carbonyl (C=O) groups excluding carboxylic acids is 2. The lowest BCUT2D eigenvalue weighted by Crippen LogP contribution is -2.34. The van der Waals surface area contributed by atoms with Crippen LogP contribution in [0.4, 0.5) is 5.69 Å². The maximum absolute atomic E-state index is 12.9. The summed E-state index contributed by atoms with van der Waals surface area (Å²) in [7, 11) is 0. The number of nitrogens with zero attached hydrogens (tertiary/aromatic N) is 3. The molecule has 0 aliphatic heterocycles. The summed E-state index contributed by atoms with van der Waals surface area (Å²) >= 11 is 0. The maximum atomic E-state index is 12.9. The van der Waals surface area contributed by atoms with Crippen LogP contribution in [0.1, 0.15) is 16.9 Å². The maximum Gasteiger partial charge on any atom is 0.278 e. The van der Waals surface area contributed by atoms with Crippen LogP contribution >= 0.6 is 0 Å². The van der Waals surface area contributed by atoms with Crippen LogP contribution in [0, 0.1) is 0 Å². The Bertz CT molecular complexity index is 880. The van der Waals surface area contributed by atoms with Crippen molar-refractivity contribution in [2.45, 2.75) is 6.42 Å². The molecule has 0 aliphatic carbocycles. The highest BCUT2D eigenvalue weighted by Crippen LogP contribution is 2.17. The van der Waals surface area contributed by atoms with Gasteiger partial charge < -0.3 is 10.6 Å². The monoisotopic (exact) mass is 320 g/mol. The van der Waals surface area contributed by atoms with Gasteiger partial charge >= 0.3 is 0 Å². The normalized spacial score (nSPS) is 10.5. The van der Waals surface area contributed by atoms with Crippen LogP contribution in [0.2, 0.25) is 0 Å². The predicted molar refractivity (Wildman–Crippen MR) is 91.5 cm³/mol. The number of fused-ring (bicyclic) bond motifs is 1. The molecule has 2 N–H and O–H groups in total. The number of amides is 2. The molecule has 0 fully saturated rings. The molecule has 6 nitrogen and oxygen atoms in total. The van der Waals surface area contributed by atoms with E-state index in [0.29, 0.717) is 11.2 Å². The Morgan fingerprint density at radius 2 is 1.62 bits per heavy atom. The topological polar surface area (TPSA) is 89.2 Å². The fourth-order valence-electron chi connectivity index (χ4n) is 2.38. The zero-order valence-corrected chi connectivity index (χ0v) is 12.9. The van der Waals surface area contributed by atoms with Crippen molar-refractivity contribution in [3.05, 3.63) is 66.5 Å². The van der Waals surface area contributed by atoms with E-state index in [2.05, 4.69) is 9.97 Å². The van der Waals surface area contributed by atoms with Crippen LogP contribution < -0.4 is 10.6 Å². The molecule has 1 heterocycles. The molecule has 0 bridgehead atoms. The van der Waals surface area contributed by atoms with Crippen molar-refractivity contribution in [2.24, 2.45) is 5.73 Å². The van der Waals surface area contributed by atoms with Gasteiger partial charge in [0.25, 0.3) is 5.91 Å². The molecule has 6 heteroatoms. The highest BCUT2D eigenvalue weighted by molar-refractivity contribution is 6.05. The molecular weight excluding hydrogens is 304 g/mol. The Morgan fingerprint density at radius 1 is 0.958 bits per heavy atom. The number of carbonyl (C=O) groups is 2. The summed E-state index contributed by atoms with van der Waals surface area (Å²) in [5, 5.41) is 0. The van der Waals surface area contributed by atoms with Crippen LogP contribution in [-0.2, 0) is 4.79 Å². The van der Waals surface area contributed by atoms with Crippen LogP contribution in [0.15, 0.2) is 60.8 Å². The first-order chi connectivity index (χ1) is 11.6. The molecule has 120 valence electrons. The average Bonchev–Trinajstić information content (AvgIpc) is 2.62. The van der Waals surface area contributed by atoms with E-state index in [1.807, 2.05) is 36.4 Å². The number of para-hydroxylation sites is 3. The van der Waals surface area contributed by atoms with Crippen molar-refractivity contribution in [2.75, 3.05) is 11.4 Å². The third-order valence-electron chi connectivity index (χ3n) is 3.56. The lowest BCUT2D eigenvalue weighted by atomic mass is 10.2. The molecule has 0 saturated carbocycles. The van der Waals surface area contributed by atoms with Crippen molar-refractivity contribution >= 4 is 28.5 Å². The molecule has 24 heavy (non-hydrogen) atoms. The number of rotatable bonds is 5. The highest BCUT2D eigenvalue weighted by atomic mass is 16.2. The van der Waals surface area contributed by atoms with Crippen molar-refractivity contribution in [3.8, 4) is 0 Å². The number of aromatic nitrogens is 2. The summed E-state index contributed by atoms with van der Waals surface area (Å²) in [6.07, 6.45) is 1.52. The average molecular weight is 320 g/mol. The van der Waals surface area contributed by atoms with Gasteiger partial charge in [0, 0.05) is 18.7 Å². The first-order valence-electron chi connectivity index (χ1n) is 7.52. The number of hydrogen-bond acceptors (Lipinski definition) is 4.